The molecule has 0 N–H and O–H groups in total. The number of thioether (sulfide) groups is 1. The van der Waals surface area contributed by atoms with Gasteiger partial charge in [0.25, 0.3) is 0 Å². The van der Waals surface area contributed by atoms with Crippen LogP contribution in [0.15, 0.2) is 29.2 Å². The number of fused-ring (bicyclic) bond motifs is 1. The van der Waals surface area contributed by atoms with Crippen LogP contribution in [0, 0.1) is 0 Å². The highest BCUT2D eigenvalue weighted by molar-refractivity contribution is 7.99. The predicted molar refractivity (Wildman–Crippen MR) is 75.4 cm³/mol. The van der Waals surface area contributed by atoms with E-state index in [0.29, 0.717) is 13.0 Å². The molecule has 1 aromatic rings. The number of rotatable bonds is 3. The Hall–Kier alpha value is -1.49. The summed E-state index contributed by atoms with van der Waals surface area (Å²) in [4.78, 5) is 26.7. The van der Waals surface area contributed by atoms with Crippen LogP contribution in [0.2, 0.25) is 0 Å². The van der Waals surface area contributed by atoms with Gasteiger partial charge in [0.1, 0.15) is 6.04 Å². The van der Waals surface area contributed by atoms with Gasteiger partial charge in [-0.25, -0.2) is 4.79 Å². The first-order valence-corrected chi connectivity index (χ1v) is 7.34. The molecule has 2 rings (SSSR count). The quantitative estimate of drug-likeness (QED) is 0.797. The Morgan fingerprint density at radius 1 is 1.47 bits per heavy atom. The van der Waals surface area contributed by atoms with E-state index >= 15 is 0 Å². The molecule has 0 aromatic heterocycles. The average molecular weight is 279 g/mol. The first-order chi connectivity index (χ1) is 9.15. The van der Waals surface area contributed by atoms with Crippen molar-refractivity contribution < 1.29 is 14.3 Å². The van der Waals surface area contributed by atoms with Crippen molar-refractivity contribution >= 4 is 29.3 Å². The third-order valence-corrected chi connectivity index (χ3v) is 4.05. The van der Waals surface area contributed by atoms with Crippen molar-refractivity contribution in [1.29, 1.82) is 0 Å². The minimum absolute atomic E-state index is 0.0296. The molecule has 1 atom stereocenters. The van der Waals surface area contributed by atoms with E-state index in [9.17, 15) is 9.59 Å². The highest BCUT2D eigenvalue weighted by Crippen LogP contribution is 2.35. The van der Waals surface area contributed by atoms with Crippen LogP contribution in [0.4, 0.5) is 5.69 Å². The van der Waals surface area contributed by atoms with Crippen molar-refractivity contribution in [2.24, 2.45) is 0 Å². The molecule has 5 heteroatoms. The normalized spacial score (nSPS) is 16.5. The molecular formula is C14H17NO3S. The lowest BCUT2D eigenvalue weighted by atomic mass is 10.2. The molecule has 1 amide bonds. The third-order valence-electron chi connectivity index (χ3n) is 2.98. The zero-order chi connectivity index (χ0) is 13.8. The van der Waals surface area contributed by atoms with Gasteiger partial charge in [-0.05, 0) is 26.0 Å². The zero-order valence-corrected chi connectivity index (χ0v) is 11.9. The fourth-order valence-corrected chi connectivity index (χ4v) is 3.06. The van der Waals surface area contributed by atoms with Gasteiger partial charge in [0.2, 0.25) is 5.91 Å². The van der Waals surface area contributed by atoms with Gasteiger partial charge in [-0.3, -0.25) is 9.69 Å². The van der Waals surface area contributed by atoms with E-state index in [4.69, 9.17) is 4.74 Å². The van der Waals surface area contributed by atoms with E-state index in [0.717, 1.165) is 16.3 Å². The number of esters is 1. The van der Waals surface area contributed by atoms with Gasteiger partial charge in [0.15, 0.2) is 0 Å². The molecule has 0 radical (unpaired) electrons. The monoisotopic (exact) mass is 279 g/mol. The molecule has 102 valence electrons. The summed E-state index contributed by atoms with van der Waals surface area (Å²) in [6.45, 7) is 3.79. The number of para-hydroxylation sites is 1. The highest BCUT2D eigenvalue weighted by Gasteiger charge is 2.31. The standard InChI is InChI=1S/C14H17NO3S/c1-3-18-14(17)10(2)15-11-6-4-5-7-12(11)19-9-8-13(15)16/h4-7,10H,3,8-9H2,1-2H3/t10-/m1/s1. The summed E-state index contributed by atoms with van der Waals surface area (Å²) in [6, 6.07) is 7.08. The molecule has 1 heterocycles. The van der Waals surface area contributed by atoms with E-state index in [-0.39, 0.29) is 11.9 Å². The van der Waals surface area contributed by atoms with Crippen LogP contribution >= 0.6 is 11.8 Å². The zero-order valence-electron chi connectivity index (χ0n) is 11.1. The minimum atomic E-state index is -0.590. The molecule has 0 aliphatic carbocycles. The molecule has 0 fully saturated rings. The van der Waals surface area contributed by atoms with E-state index in [2.05, 4.69) is 0 Å². The number of carbonyl (C=O) groups is 2. The van der Waals surface area contributed by atoms with Crippen LogP contribution < -0.4 is 4.90 Å². The number of carbonyl (C=O) groups excluding carboxylic acids is 2. The Kier molecular flexibility index (Phi) is 4.47. The SMILES string of the molecule is CCOC(=O)[C@@H](C)N1C(=O)CCSc2ccccc21. The van der Waals surface area contributed by atoms with Crippen LogP contribution in [0.1, 0.15) is 20.3 Å². The summed E-state index contributed by atoms with van der Waals surface area (Å²) >= 11 is 1.64. The van der Waals surface area contributed by atoms with Crippen LogP contribution in [0.25, 0.3) is 0 Å². The fourth-order valence-electron chi connectivity index (χ4n) is 2.07. The molecule has 4 nitrogen and oxygen atoms in total. The van der Waals surface area contributed by atoms with Gasteiger partial charge in [0, 0.05) is 17.1 Å². The number of anilines is 1. The predicted octanol–water partition coefficient (Wildman–Crippen LogP) is 2.47. The molecular weight excluding hydrogens is 262 g/mol. The first-order valence-electron chi connectivity index (χ1n) is 6.35. The maximum atomic E-state index is 12.2. The van der Waals surface area contributed by atoms with E-state index in [1.54, 1.807) is 30.5 Å². The molecule has 1 aromatic carbocycles. The Labute approximate surface area is 117 Å². The Morgan fingerprint density at radius 3 is 2.95 bits per heavy atom. The smallest absolute Gasteiger partial charge is 0.328 e. The van der Waals surface area contributed by atoms with Gasteiger partial charge < -0.3 is 4.74 Å². The molecule has 0 bridgehead atoms. The molecule has 19 heavy (non-hydrogen) atoms. The van der Waals surface area contributed by atoms with Crippen LogP contribution in [-0.4, -0.2) is 30.3 Å². The lowest BCUT2D eigenvalue weighted by Gasteiger charge is -2.27. The number of hydrogen-bond donors (Lipinski definition) is 0. The molecule has 0 unspecified atom stereocenters. The number of amides is 1. The first kappa shape index (κ1) is 13.9. The van der Waals surface area contributed by atoms with Crippen molar-refractivity contribution in [3.8, 4) is 0 Å². The van der Waals surface area contributed by atoms with E-state index in [1.165, 1.54) is 0 Å². The van der Waals surface area contributed by atoms with Crippen molar-refractivity contribution in [3.05, 3.63) is 24.3 Å². The number of benzene rings is 1. The summed E-state index contributed by atoms with van der Waals surface area (Å²) in [6.07, 6.45) is 0.434. The third kappa shape index (κ3) is 2.92. The van der Waals surface area contributed by atoms with Crippen molar-refractivity contribution in [2.45, 2.75) is 31.2 Å². The molecule has 1 aliphatic rings. The second kappa shape index (κ2) is 6.10. The van der Waals surface area contributed by atoms with Crippen LogP contribution in [0.5, 0.6) is 0 Å². The Balaban J connectivity index is 2.36. The fraction of sp³-hybridized carbons (Fsp3) is 0.429. The maximum absolute atomic E-state index is 12.2. The Morgan fingerprint density at radius 2 is 2.21 bits per heavy atom. The van der Waals surface area contributed by atoms with Crippen LogP contribution in [0.3, 0.4) is 0 Å². The molecule has 0 spiro atoms. The second-order valence-electron chi connectivity index (χ2n) is 4.26. The number of nitrogens with zero attached hydrogens (tertiary/aromatic N) is 1. The van der Waals surface area contributed by atoms with Crippen molar-refractivity contribution in [2.75, 3.05) is 17.3 Å². The van der Waals surface area contributed by atoms with Gasteiger partial charge in [-0.15, -0.1) is 11.8 Å². The lowest BCUT2D eigenvalue weighted by Crippen LogP contribution is -2.44. The average Bonchev–Trinajstić information content (AvgIpc) is 2.56. The summed E-state index contributed by atoms with van der Waals surface area (Å²) in [5, 5.41) is 0. The minimum Gasteiger partial charge on any atom is -0.464 e. The molecule has 0 saturated carbocycles. The summed E-state index contributed by atoms with van der Waals surface area (Å²) in [5.41, 5.74) is 0.801. The highest BCUT2D eigenvalue weighted by atomic mass is 32.2. The summed E-state index contributed by atoms with van der Waals surface area (Å²) in [5.74, 6) is 0.345. The topological polar surface area (TPSA) is 46.6 Å². The molecule has 0 saturated heterocycles. The largest absolute Gasteiger partial charge is 0.464 e. The van der Waals surface area contributed by atoms with Gasteiger partial charge in [0.05, 0.1) is 12.3 Å². The summed E-state index contributed by atoms with van der Waals surface area (Å²) < 4.78 is 5.02. The number of hydrogen-bond acceptors (Lipinski definition) is 4. The maximum Gasteiger partial charge on any atom is 0.328 e. The van der Waals surface area contributed by atoms with Gasteiger partial charge in [-0.1, -0.05) is 12.1 Å². The summed E-state index contributed by atoms with van der Waals surface area (Å²) in [7, 11) is 0. The van der Waals surface area contributed by atoms with E-state index < -0.39 is 6.04 Å². The van der Waals surface area contributed by atoms with E-state index in [1.807, 2.05) is 24.3 Å². The van der Waals surface area contributed by atoms with Crippen molar-refractivity contribution in [3.63, 3.8) is 0 Å². The molecule has 1 aliphatic heterocycles. The second-order valence-corrected chi connectivity index (χ2v) is 5.39. The van der Waals surface area contributed by atoms with Gasteiger partial charge >= 0.3 is 5.97 Å². The van der Waals surface area contributed by atoms with Crippen molar-refractivity contribution in [1.82, 2.24) is 0 Å². The lowest BCUT2D eigenvalue weighted by molar-refractivity contribution is -0.145. The number of ether oxygens (including phenoxy) is 1. The van der Waals surface area contributed by atoms with Crippen LogP contribution in [-0.2, 0) is 14.3 Å². The Bertz CT molecular complexity index is 489. The van der Waals surface area contributed by atoms with Gasteiger partial charge in [-0.2, -0.15) is 0 Å².